The second-order valence-electron chi connectivity index (χ2n) is 3.38. The van der Waals surface area contributed by atoms with E-state index in [1.54, 1.807) is 6.92 Å². The van der Waals surface area contributed by atoms with Crippen LogP contribution in [0.1, 0.15) is 6.92 Å². The summed E-state index contributed by atoms with van der Waals surface area (Å²) >= 11 is 0. The number of hydrogen-bond donors (Lipinski definition) is 0. The van der Waals surface area contributed by atoms with Crippen LogP contribution < -0.4 is 4.74 Å². The third kappa shape index (κ3) is 2.85. The SMILES string of the molecule is CCOC(=O)COc1nonc1-c1ccccc1. The second-order valence-corrected chi connectivity index (χ2v) is 3.38. The topological polar surface area (TPSA) is 74.5 Å². The van der Waals surface area contributed by atoms with Gasteiger partial charge in [0.2, 0.25) is 0 Å². The third-order valence-corrected chi connectivity index (χ3v) is 2.14. The number of aromatic nitrogens is 2. The molecule has 0 radical (unpaired) electrons. The van der Waals surface area contributed by atoms with Crippen molar-refractivity contribution in [3.63, 3.8) is 0 Å². The van der Waals surface area contributed by atoms with Gasteiger partial charge in [-0.2, -0.15) is 0 Å². The molecule has 0 aliphatic carbocycles. The van der Waals surface area contributed by atoms with E-state index in [1.807, 2.05) is 30.3 Å². The first-order valence-electron chi connectivity index (χ1n) is 5.47. The van der Waals surface area contributed by atoms with Gasteiger partial charge in [-0.05, 0) is 17.2 Å². The van der Waals surface area contributed by atoms with Crippen molar-refractivity contribution in [1.82, 2.24) is 10.3 Å². The van der Waals surface area contributed by atoms with E-state index < -0.39 is 5.97 Å². The summed E-state index contributed by atoms with van der Waals surface area (Å²) in [5.74, 6) is -0.284. The molecule has 94 valence electrons. The van der Waals surface area contributed by atoms with Gasteiger partial charge in [-0.1, -0.05) is 30.3 Å². The number of nitrogens with zero attached hydrogens (tertiary/aromatic N) is 2. The zero-order chi connectivity index (χ0) is 12.8. The molecule has 0 amide bonds. The van der Waals surface area contributed by atoms with Gasteiger partial charge in [0.25, 0.3) is 5.88 Å². The highest BCUT2D eigenvalue weighted by molar-refractivity contribution is 5.71. The minimum atomic E-state index is -0.459. The summed E-state index contributed by atoms with van der Waals surface area (Å²) in [6.45, 7) is 1.82. The average molecular weight is 248 g/mol. The first-order chi connectivity index (χ1) is 8.81. The van der Waals surface area contributed by atoms with Crippen molar-refractivity contribution < 1.29 is 18.9 Å². The minimum Gasteiger partial charge on any atom is -0.463 e. The van der Waals surface area contributed by atoms with Crippen molar-refractivity contribution in [3.8, 4) is 17.1 Å². The third-order valence-electron chi connectivity index (χ3n) is 2.14. The molecule has 6 nitrogen and oxygen atoms in total. The Labute approximate surface area is 103 Å². The van der Waals surface area contributed by atoms with Crippen LogP contribution in [-0.2, 0) is 9.53 Å². The van der Waals surface area contributed by atoms with Gasteiger partial charge in [-0.15, -0.1) is 0 Å². The van der Waals surface area contributed by atoms with E-state index in [2.05, 4.69) is 14.9 Å². The largest absolute Gasteiger partial charge is 0.463 e. The van der Waals surface area contributed by atoms with Crippen molar-refractivity contribution in [1.29, 1.82) is 0 Å². The Balaban J connectivity index is 2.07. The molecule has 0 N–H and O–H groups in total. The summed E-state index contributed by atoms with van der Waals surface area (Å²) < 4.78 is 14.6. The van der Waals surface area contributed by atoms with Crippen LogP contribution in [0.5, 0.6) is 5.88 Å². The van der Waals surface area contributed by atoms with Crippen LogP contribution in [0.2, 0.25) is 0 Å². The summed E-state index contributed by atoms with van der Waals surface area (Å²) in [6.07, 6.45) is 0. The fourth-order valence-corrected chi connectivity index (χ4v) is 1.38. The molecule has 0 aliphatic rings. The first kappa shape index (κ1) is 12.1. The highest BCUT2D eigenvalue weighted by Crippen LogP contribution is 2.25. The average Bonchev–Trinajstić information content (AvgIpc) is 2.86. The van der Waals surface area contributed by atoms with Gasteiger partial charge in [-0.25, -0.2) is 9.42 Å². The van der Waals surface area contributed by atoms with Gasteiger partial charge < -0.3 is 9.47 Å². The zero-order valence-electron chi connectivity index (χ0n) is 9.83. The van der Waals surface area contributed by atoms with E-state index in [9.17, 15) is 4.79 Å². The van der Waals surface area contributed by atoms with Gasteiger partial charge >= 0.3 is 5.97 Å². The van der Waals surface area contributed by atoms with E-state index in [0.29, 0.717) is 12.3 Å². The molecule has 0 bridgehead atoms. The number of benzene rings is 1. The van der Waals surface area contributed by atoms with Crippen LogP contribution in [-0.4, -0.2) is 29.5 Å². The standard InChI is InChI=1S/C12H12N2O4/c1-2-16-10(15)8-17-12-11(13-18-14-12)9-6-4-3-5-7-9/h3-7H,2,8H2,1H3. The van der Waals surface area contributed by atoms with Crippen LogP contribution in [0.3, 0.4) is 0 Å². The summed E-state index contributed by atoms with van der Waals surface area (Å²) in [5.41, 5.74) is 1.26. The molecule has 0 aliphatic heterocycles. The molecule has 0 saturated heterocycles. The Morgan fingerprint density at radius 1 is 1.28 bits per heavy atom. The molecule has 0 saturated carbocycles. The molecule has 0 unspecified atom stereocenters. The molecule has 0 spiro atoms. The van der Waals surface area contributed by atoms with Crippen LogP contribution in [0.4, 0.5) is 0 Å². The van der Waals surface area contributed by atoms with Gasteiger partial charge in [0, 0.05) is 5.56 Å². The number of esters is 1. The maximum Gasteiger partial charge on any atom is 0.344 e. The lowest BCUT2D eigenvalue weighted by atomic mass is 10.2. The van der Waals surface area contributed by atoms with Crippen molar-refractivity contribution in [2.45, 2.75) is 6.92 Å². The molecule has 2 rings (SSSR count). The Morgan fingerprint density at radius 2 is 2.06 bits per heavy atom. The second kappa shape index (κ2) is 5.81. The molecular formula is C12H12N2O4. The molecule has 1 aromatic carbocycles. The molecule has 1 heterocycles. The van der Waals surface area contributed by atoms with Crippen molar-refractivity contribution in [3.05, 3.63) is 30.3 Å². The summed E-state index contributed by atoms with van der Waals surface area (Å²) in [6, 6.07) is 9.29. The molecule has 0 fully saturated rings. The molecule has 0 atom stereocenters. The van der Waals surface area contributed by atoms with Crippen molar-refractivity contribution in [2.24, 2.45) is 0 Å². The first-order valence-corrected chi connectivity index (χ1v) is 5.47. The lowest BCUT2D eigenvalue weighted by Crippen LogP contribution is -2.14. The molecular weight excluding hydrogens is 236 g/mol. The predicted molar refractivity (Wildman–Crippen MR) is 61.9 cm³/mol. The Bertz CT molecular complexity index is 510. The quantitative estimate of drug-likeness (QED) is 0.749. The zero-order valence-corrected chi connectivity index (χ0v) is 9.83. The summed E-state index contributed by atoms with van der Waals surface area (Å²) in [5, 5.41) is 7.36. The van der Waals surface area contributed by atoms with Crippen molar-refractivity contribution >= 4 is 5.97 Å². The predicted octanol–water partition coefficient (Wildman–Crippen LogP) is 1.68. The maximum absolute atomic E-state index is 11.2. The van der Waals surface area contributed by atoms with Gasteiger partial charge in [-0.3, -0.25) is 0 Å². The normalized spacial score (nSPS) is 10.1. The van der Waals surface area contributed by atoms with E-state index in [1.165, 1.54) is 0 Å². The van der Waals surface area contributed by atoms with Crippen molar-refractivity contribution in [2.75, 3.05) is 13.2 Å². The lowest BCUT2D eigenvalue weighted by Gasteiger charge is -2.03. The lowest BCUT2D eigenvalue weighted by molar-refractivity contribution is -0.145. The van der Waals surface area contributed by atoms with E-state index in [4.69, 9.17) is 9.47 Å². The molecule has 18 heavy (non-hydrogen) atoms. The maximum atomic E-state index is 11.2. The summed E-state index contributed by atoms with van der Waals surface area (Å²) in [4.78, 5) is 11.2. The fraction of sp³-hybridized carbons (Fsp3) is 0.250. The Kier molecular flexibility index (Phi) is 3.90. The highest BCUT2D eigenvalue weighted by Gasteiger charge is 2.15. The number of carbonyl (C=O) groups is 1. The molecule has 2 aromatic rings. The fourth-order valence-electron chi connectivity index (χ4n) is 1.38. The van der Waals surface area contributed by atoms with Gasteiger partial charge in [0.05, 0.1) is 6.61 Å². The van der Waals surface area contributed by atoms with Crippen LogP contribution in [0, 0.1) is 0 Å². The smallest absolute Gasteiger partial charge is 0.344 e. The molecule has 1 aromatic heterocycles. The van der Waals surface area contributed by atoms with Gasteiger partial charge in [0.15, 0.2) is 12.3 Å². The summed E-state index contributed by atoms with van der Waals surface area (Å²) in [7, 11) is 0. The van der Waals surface area contributed by atoms with Crippen LogP contribution in [0.25, 0.3) is 11.3 Å². The Morgan fingerprint density at radius 3 is 2.78 bits per heavy atom. The van der Waals surface area contributed by atoms with E-state index >= 15 is 0 Å². The number of hydrogen-bond acceptors (Lipinski definition) is 6. The van der Waals surface area contributed by atoms with Crippen LogP contribution in [0.15, 0.2) is 35.0 Å². The Hall–Kier alpha value is -2.37. The monoisotopic (exact) mass is 248 g/mol. The number of carbonyl (C=O) groups excluding carboxylic acids is 1. The minimum absolute atomic E-state index is 0.175. The van der Waals surface area contributed by atoms with E-state index in [-0.39, 0.29) is 12.5 Å². The highest BCUT2D eigenvalue weighted by atomic mass is 16.6. The number of rotatable bonds is 5. The van der Waals surface area contributed by atoms with Gasteiger partial charge in [0.1, 0.15) is 0 Å². The van der Waals surface area contributed by atoms with Crippen LogP contribution >= 0.6 is 0 Å². The number of ether oxygens (including phenoxy) is 2. The molecule has 6 heteroatoms. The van der Waals surface area contributed by atoms with E-state index in [0.717, 1.165) is 5.56 Å².